The van der Waals surface area contributed by atoms with Gasteiger partial charge in [-0.1, -0.05) is 23.7 Å². The Hall–Kier alpha value is -2.59. The largest absolute Gasteiger partial charge is 0.394 e. The van der Waals surface area contributed by atoms with Gasteiger partial charge in [0.1, 0.15) is 43.2 Å². The zero-order valence-electron chi connectivity index (χ0n) is 18.4. The second-order valence-corrected chi connectivity index (χ2v) is 8.51. The Kier molecular flexibility index (Phi) is 7.15. The lowest BCUT2D eigenvalue weighted by Crippen LogP contribution is -2.62. The molecule has 35 heavy (non-hydrogen) atoms. The van der Waals surface area contributed by atoms with E-state index in [1.807, 2.05) is 0 Å². The van der Waals surface area contributed by atoms with Gasteiger partial charge in [-0.25, -0.2) is 0 Å². The lowest BCUT2D eigenvalue weighted by atomic mass is 9.94. The number of aliphatic hydroxyl groups is 8. The maximum absolute atomic E-state index is 10.2. The van der Waals surface area contributed by atoms with Crippen LogP contribution in [0.2, 0.25) is 0 Å². The number of benzene rings is 1. The molecule has 0 spiro atoms. The molecule has 0 amide bonds. The molecule has 0 radical (unpaired) electrons. The van der Waals surface area contributed by atoms with Gasteiger partial charge in [-0.3, -0.25) is 5.10 Å². The Balaban J connectivity index is 1.57. The van der Waals surface area contributed by atoms with Crippen molar-refractivity contribution in [3.63, 3.8) is 0 Å². The number of rotatable bonds is 2. The Morgan fingerprint density at radius 2 is 1.71 bits per heavy atom. The predicted octanol–water partition coefficient (Wildman–Crippen LogP) is -3.35. The summed E-state index contributed by atoms with van der Waals surface area (Å²) in [6.45, 7) is -1.58. The molecule has 2 aliphatic heterocycles. The minimum Gasteiger partial charge on any atom is -0.394 e. The highest BCUT2D eigenvalue weighted by molar-refractivity contribution is 5.89. The van der Waals surface area contributed by atoms with Gasteiger partial charge in [0.05, 0.1) is 23.9 Å². The number of ether oxygens (including phenoxy) is 2. The van der Waals surface area contributed by atoms with Crippen LogP contribution in [-0.2, 0) is 9.47 Å². The van der Waals surface area contributed by atoms with Gasteiger partial charge in [0, 0.05) is 17.4 Å². The fourth-order valence-corrected chi connectivity index (χ4v) is 3.96. The third-order valence-corrected chi connectivity index (χ3v) is 6.16. The average molecular weight is 490 g/mol. The van der Waals surface area contributed by atoms with E-state index in [1.165, 1.54) is 6.20 Å². The van der Waals surface area contributed by atoms with Gasteiger partial charge >= 0.3 is 0 Å². The van der Waals surface area contributed by atoms with Gasteiger partial charge in [0.2, 0.25) is 11.6 Å². The molecule has 12 nitrogen and oxygen atoms in total. The highest BCUT2D eigenvalue weighted by atomic mass is 16.7. The normalized spacial score (nSPS) is 34.5. The number of aromatic amines is 1. The second kappa shape index (κ2) is 9.81. The van der Waals surface area contributed by atoms with E-state index < -0.39 is 61.4 Å². The summed E-state index contributed by atoms with van der Waals surface area (Å²) in [5.74, 6) is 6.10. The van der Waals surface area contributed by atoms with Crippen molar-refractivity contribution in [1.29, 1.82) is 0 Å². The molecule has 2 saturated heterocycles. The van der Waals surface area contributed by atoms with Crippen LogP contribution in [0.5, 0.6) is 0 Å². The fraction of sp³-hybridized carbons (Fsp3) is 0.522. The molecule has 3 heterocycles. The molecule has 4 rings (SSSR count). The lowest BCUT2D eigenvalue weighted by molar-refractivity contribution is -0.406. The van der Waals surface area contributed by atoms with Gasteiger partial charge in [-0.05, 0) is 18.6 Å². The summed E-state index contributed by atoms with van der Waals surface area (Å²) in [7, 11) is 0. The van der Waals surface area contributed by atoms with Crippen LogP contribution in [0.4, 0.5) is 0 Å². The fourth-order valence-electron chi connectivity index (χ4n) is 3.96. The zero-order chi connectivity index (χ0) is 25.4. The lowest BCUT2D eigenvalue weighted by Gasteiger charge is -2.43. The Labute approximate surface area is 199 Å². The maximum Gasteiger partial charge on any atom is 0.246 e. The van der Waals surface area contributed by atoms with E-state index in [2.05, 4.69) is 33.9 Å². The van der Waals surface area contributed by atoms with Crippen molar-refractivity contribution in [2.75, 3.05) is 13.2 Å². The van der Waals surface area contributed by atoms with E-state index in [4.69, 9.17) is 9.47 Å². The average Bonchev–Trinajstić information content (AvgIpc) is 3.34. The quantitative estimate of drug-likeness (QED) is 0.150. The highest BCUT2D eigenvalue weighted by Crippen LogP contribution is 2.33. The van der Waals surface area contributed by atoms with Gasteiger partial charge in [0.25, 0.3) is 0 Å². The molecular formula is C23H26N2O10. The first-order chi connectivity index (χ1) is 16.6. The topological polar surface area (TPSA) is 209 Å². The molecule has 7 atom stereocenters. The molecule has 0 unspecified atom stereocenters. The van der Waals surface area contributed by atoms with Crippen LogP contribution in [0.25, 0.3) is 10.9 Å². The number of hydrogen-bond acceptors (Lipinski definition) is 11. The third kappa shape index (κ3) is 4.78. The van der Waals surface area contributed by atoms with Gasteiger partial charge in [-0.15, -0.1) is 0 Å². The molecule has 1 aromatic carbocycles. The molecule has 2 fully saturated rings. The molecule has 0 aliphatic carbocycles. The molecule has 1 aromatic heterocycles. The SMILES string of the molecule is OC[C@H]1O[C@H](C#Cc2ccc(C#C[C@H]3CCC(O)(O)[C@@](O)(CO)O3)c3cn[nH]c23)[C@@H](O)[C@@H](O)[C@@H]1O. The molecule has 188 valence electrons. The van der Waals surface area contributed by atoms with E-state index in [0.717, 1.165) is 0 Å². The first-order valence-electron chi connectivity index (χ1n) is 10.9. The van der Waals surface area contributed by atoms with Gasteiger partial charge < -0.3 is 50.3 Å². The Morgan fingerprint density at radius 1 is 1.00 bits per heavy atom. The van der Waals surface area contributed by atoms with Crippen LogP contribution in [0.3, 0.4) is 0 Å². The number of aromatic nitrogens is 2. The van der Waals surface area contributed by atoms with Gasteiger partial charge in [0.15, 0.2) is 0 Å². The van der Waals surface area contributed by atoms with Crippen molar-refractivity contribution in [2.24, 2.45) is 0 Å². The zero-order valence-corrected chi connectivity index (χ0v) is 18.4. The van der Waals surface area contributed by atoms with E-state index >= 15 is 0 Å². The first kappa shape index (κ1) is 25.5. The van der Waals surface area contributed by atoms with E-state index in [-0.39, 0.29) is 12.8 Å². The van der Waals surface area contributed by atoms with Crippen molar-refractivity contribution >= 4 is 10.9 Å². The number of aliphatic hydroxyl groups excluding tert-OH is 5. The summed E-state index contributed by atoms with van der Waals surface area (Å²) in [4.78, 5) is 0. The van der Waals surface area contributed by atoms with E-state index in [1.54, 1.807) is 12.1 Å². The minimum absolute atomic E-state index is 0.111. The number of nitrogens with one attached hydrogen (secondary N) is 1. The molecule has 9 N–H and O–H groups in total. The maximum atomic E-state index is 10.2. The molecule has 0 bridgehead atoms. The summed E-state index contributed by atoms with van der Waals surface area (Å²) < 4.78 is 10.6. The Bertz CT molecular complexity index is 1190. The predicted molar refractivity (Wildman–Crippen MR) is 117 cm³/mol. The Morgan fingerprint density at radius 3 is 2.43 bits per heavy atom. The van der Waals surface area contributed by atoms with Crippen LogP contribution in [0.1, 0.15) is 24.0 Å². The summed E-state index contributed by atoms with van der Waals surface area (Å²) in [5, 5.41) is 85.9. The molecular weight excluding hydrogens is 464 g/mol. The molecule has 12 heteroatoms. The van der Waals surface area contributed by atoms with Gasteiger partial charge in [-0.2, -0.15) is 5.10 Å². The van der Waals surface area contributed by atoms with E-state index in [0.29, 0.717) is 22.0 Å². The van der Waals surface area contributed by atoms with Crippen molar-refractivity contribution in [3.05, 3.63) is 29.5 Å². The van der Waals surface area contributed by atoms with Crippen molar-refractivity contribution in [1.82, 2.24) is 10.2 Å². The molecule has 2 aliphatic rings. The monoisotopic (exact) mass is 490 g/mol. The highest BCUT2D eigenvalue weighted by Gasteiger charge is 2.53. The summed E-state index contributed by atoms with van der Waals surface area (Å²) in [5.41, 5.74) is 1.54. The standard InChI is InChI=1S/C23H26N2O10/c26-10-17-20(29)21(30)19(28)16(34-17)6-4-13-2-1-12(15-9-24-25-18(13)15)3-5-14-7-8-22(31,32)23(33,11-27)35-14/h1-2,9,14,16-17,19-21,26-33H,7-8,10-11H2,(H,24,25)/t14-,16+,17+,19+,20+,21+,23+/m0/s1. The number of nitrogens with zero attached hydrogens (tertiary/aromatic N) is 1. The van der Waals surface area contributed by atoms with Crippen molar-refractivity contribution in [3.8, 4) is 23.7 Å². The summed E-state index contributed by atoms with van der Waals surface area (Å²) in [6.07, 6.45) is -6.19. The molecule has 0 saturated carbocycles. The van der Waals surface area contributed by atoms with Crippen LogP contribution in [-0.4, -0.2) is 112 Å². The van der Waals surface area contributed by atoms with Crippen LogP contribution < -0.4 is 0 Å². The summed E-state index contributed by atoms with van der Waals surface area (Å²) >= 11 is 0. The third-order valence-electron chi connectivity index (χ3n) is 6.16. The second-order valence-electron chi connectivity index (χ2n) is 8.51. The number of H-pyrrole nitrogens is 1. The smallest absolute Gasteiger partial charge is 0.246 e. The van der Waals surface area contributed by atoms with Crippen LogP contribution >= 0.6 is 0 Å². The number of fused-ring (bicyclic) bond motifs is 1. The molecule has 2 aromatic rings. The first-order valence-corrected chi connectivity index (χ1v) is 10.9. The van der Waals surface area contributed by atoms with E-state index in [9.17, 15) is 40.9 Å². The van der Waals surface area contributed by atoms with Crippen molar-refractivity contribution in [2.45, 2.75) is 61.0 Å². The van der Waals surface area contributed by atoms with Crippen LogP contribution in [0, 0.1) is 23.7 Å². The number of hydrogen-bond donors (Lipinski definition) is 9. The van der Waals surface area contributed by atoms with Crippen molar-refractivity contribution < 1.29 is 50.3 Å². The minimum atomic E-state index is -2.60. The van der Waals surface area contributed by atoms with Crippen LogP contribution in [0.15, 0.2) is 18.3 Å². The summed E-state index contributed by atoms with van der Waals surface area (Å²) in [6, 6.07) is 3.30.